The molecule has 0 bridgehead atoms. The van der Waals surface area contributed by atoms with Gasteiger partial charge < -0.3 is 19.6 Å². The number of cyclic esters (lactones) is 1. The molecule has 0 radical (unpaired) electrons. The number of carbonyl (C=O) groups excluding carboxylic acids is 2. The number of carbonyl (C=O) groups is 2. The summed E-state index contributed by atoms with van der Waals surface area (Å²) in [6, 6.07) is 0. The van der Waals surface area contributed by atoms with E-state index in [4.69, 9.17) is 4.74 Å². The summed E-state index contributed by atoms with van der Waals surface area (Å²) >= 11 is 0. The number of ether oxygens (including phenoxy) is 1. The van der Waals surface area contributed by atoms with Gasteiger partial charge in [-0.1, -0.05) is 0 Å². The second-order valence-corrected chi connectivity index (χ2v) is 8.51. The lowest BCUT2D eigenvalue weighted by Gasteiger charge is -2.38. The van der Waals surface area contributed by atoms with Crippen LogP contribution >= 0.6 is 0 Å². The maximum atomic E-state index is 13.2. The van der Waals surface area contributed by atoms with Crippen LogP contribution in [-0.2, 0) is 14.3 Å². The van der Waals surface area contributed by atoms with Gasteiger partial charge in [-0.3, -0.25) is 4.79 Å². The van der Waals surface area contributed by atoms with Crippen LogP contribution < -0.4 is 0 Å². The number of aliphatic hydroxyl groups is 1. The minimum atomic E-state index is -0.836. The molecule has 1 N–H and O–H groups in total. The molecule has 0 unspecified atom stereocenters. The molecule has 3 aliphatic rings. The third kappa shape index (κ3) is 3.54. The minimum absolute atomic E-state index is 0.0897. The first kappa shape index (κ1) is 20.6. The number of aliphatic hydroxyl groups excluding tert-OH is 1. The van der Waals surface area contributed by atoms with Crippen LogP contribution in [0.3, 0.4) is 0 Å². The first-order chi connectivity index (χ1) is 15.5. The number of tetrazole rings is 1. The van der Waals surface area contributed by atoms with Crippen molar-refractivity contribution in [3.8, 4) is 5.69 Å². The van der Waals surface area contributed by atoms with E-state index in [0.29, 0.717) is 49.0 Å². The van der Waals surface area contributed by atoms with Gasteiger partial charge in [-0.25, -0.2) is 14.8 Å². The number of aromatic nitrogens is 6. The summed E-state index contributed by atoms with van der Waals surface area (Å²) in [6.45, 7) is 4.30. The maximum absolute atomic E-state index is 13.2. The average molecular weight is 440 g/mol. The smallest absolute Gasteiger partial charge is 0.336 e. The van der Waals surface area contributed by atoms with Gasteiger partial charge in [0.1, 0.15) is 24.7 Å². The minimum Gasteiger partial charge on any atom is -0.456 e. The number of esters is 1. The van der Waals surface area contributed by atoms with Crippen molar-refractivity contribution in [3.63, 3.8) is 0 Å². The Balaban J connectivity index is 1.18. The van der Waals surface area contributed by atoms with Gasteiger partial charge in [0, 0.05) is 13.1 Å². The van der Waals surface area contributed by atoms with Crippen molar-refractivity contribution in [2.45, 2.75) is 32.3 Å². The van der Waals surface area contributed by atoms with Gasteiger partial charge in [0.15, 0.2) is 5.82 Å². The largest absolute Gasteiger partial charge is 0.456 e. The Bertz CT molecular complexity index is 1040. The molecule has 2 saturated heterocycles. The summed E-state index contributed by atoms with van der Waals surface area (Å²) in [5, 5.41) is 21.5. The van der Waals surface area contributed by atoms with E-state index in [1.54, 1.807) is 24.2 Å². The van der Waals surface area contributed by atoms with Gasteiger partial charge >= 0.3 is 5.97 Å². The van der Waals surface area contributed by atoms with E-state index in [-0.39, 0.29) is 18.5 Å². The third-order valence-corrected chi connectivity index (χ3v) is 6.73. The van der Waals surface area contributed by atoms with Crippen LogP contribution in [0.4, 0.5) is 0 Å². The predicted octanol–water partition coefficient (Wildman–Crippen LogP) is -0.369. The van der Waals surface area contributed by atoms with Crippen LogP contribution in [0.25, 0.3) is 5.69 Å². The number of likely N-dealkylation sites (tertiary alicyclic amines) is 2. The van der Waals surface area contributed by atoms with Gasteiger partial charge in [0.25, 0.3) is 0 Å². The lowest BCUT2D eigenvalue weighted by atomic mass is 9.77. The fraction of sp³-hybridized carbons (Fsp3) is 0.550. The normalized spacial score (nSPS) is 22.1. The molecule has 12 heteroatoms. The Labute approximate surface area is 183 Å². The van der Waals surface area contributed by atoms with Crippen molar-refractivity contribution >= 4 is 11.9 Å². The molecular weight excluding hydrogens is 416 g/mol. The quantitative estimate of drug-likeness (QED) is 0.613. The Hall–Kier alpha value is -3.25. The Morgan fingerprint density at radius 1 is 1.16 bits per heavy atom. The first-order valence-electron chi connectivity index (χ1n) is 10.6. The van der Waals surface area contributed by atoms with E-state index < -0.39 is 11.5 Å². The highest BCUT2D eigenvalue weighted by molar-refractivity contribution is 5.94. The summed E-state index contributed by atoms with van der Waals surface area (Å²) in [5.74, 6) is 0.0798. The molecule has 0 saturated carbocycles. The summed E-state index contributed by atoms with van der Waals surface area (Å²) in [7, 11) is 0. The highest BCUT2D eigenvalue weighted by Gasteiger charge is 2.50. The Morgan fingerprint density at radius 3 is 2.50 bits per heavy atom. The molecule has 1 atom stereocenters. The van der Waals surface area contributed by atoms with E-state index in [0.717, 1.165) is 19.3 Å². The second kappa shape index (κ2) is 8.02. The standard InChI is InChI=1S/C20H24N8O4/c1-13-15(11-32-18(13)30)27-7-4-20(19(27)31)2-5-26(6-3-20)10-16(29)17-21-8-14(9-22-17)28-12-23-24-25-28/h8-9,12,16,29H,2-7,10-11H2,1H3/t16-/m1/s1. The molecule has 1 spiro atoms. The number of rotatable bonds is 5. The van der Waals surface area contributed by atoms with E-state index in [9.17, 15) is 14.7 Å². The molecule has 2 aromatic rings. The predicted molar refractivity (Wildman–Crippen MR) is 108 cm³/mol. The molecule has 5 rings (SSSR count). The molecule has 32 heavy (non-hydrogen) atoms. The van der Waals surface area contributed by atoms with Crippen molar-refractivity contribution in [2.75, 3.05) is 32.8 Å². The van der Waals surface area contributed by atoms with Crippen molar-refractivity contribution < 1.29 is 19.4 Å². The summed E-state index contributed by atoms with van der Waals surface area (Å²) < 4.78 is 6.52. The number of hydrogen-bond donors (Lipinski definition) is 1. The van der Waals surface area contributed by atoms with Gasteiger partial charge in [0.2, 0.25) is 5.91 Å². The summed E-state index contributed by atoms with van der Waals surface area (Å²) in [4.78, 5) is 37.3. The lowest BCUT2D eigenvalue weighted by molar-refractivity contribution is -0.138. The fourth-order valence-electron chi connectivity index (χ4n) is 4.68. The Kier molecular flexibility index (Phi) is 5.18. The van der Waals surface area contributed by atoms with Crippen LogP contribution in [0.2, 0.25) is 0 Å². The lowest BCUT2D eigenvalue weighted by Crippen LogP contribution is -2.45. The van der Waals surface area contributed by atoms with Crippen molar-refractivity contribution in [3.05, 3.63) is 35.8 Å². The SMILES string of the molecule is CC1=C(N2CCC3(CCN(C[C@@H](O)c4ncc(-n5cnnn5)cn4)CC3)C2=O)COC1=O. The first-order valence-corrected chi connectivity index (χ1v) is 10.6. The van der Waals surface area contributed by atoms with Crippen molar-refractivity contribution in [2.24, 2.45) is 5.41 Å². The van der Waals surface area contributed by atoms with Gasteiger partial charge in [-0.15, -0.1) is 5.10 Å². The number of hydrogen-bond acceptors (Lipinski definition) is 10. The maximum Gasteiger partial charge on any atom is 0.336 e. The molecule has 12 nitrogen and oxygen atoms in total. The number of piperidine rings is 1. The topological polar surface area (TPSA) is 139 Å². The zero-order valence-corrected chi connectivity index (χ0v) is 17.7. The van der Waals surface area contributed by atoms with Crippen LogP contribution in [0.15, 0.2) is 30.0 Å². The van der Waals surface area contributed by atoms with Gasteiger partial charge in [0.05, 0.1) is 29.1 Å². The average Bonchev–Trinajstić information content (AvgIpc) is 3.53. The molecule has 3 aliphatic heterocycles. The van der Waals surface area contributed by atoms with E-state index in [1.807, 2.05) is 0 Å². The number of β-amino-alcohol motifs (C(OH)–C–C–N with tert-alkyl or cyclic N) is 1. The van der Waals surface area contributed by atoms with Crippen molar-refractivity contribution in [1.29, 1.82) is 0 Å². The molecule has 1 amide bonds. The molecule has 2 aromatic heterocycles. The Morgan fingerprint density at radius 2 is 1.88 bits per heavy atom. The third-order valence-electron chi connectivity index (χ3n) is 6.73. The van der Waals surface area contributed by atoms with E-state index >= 15 is 0 Å². The molecule has 5 heterocycles. The molecule has 168 valence electrons. The number of amides is 1. The van der Waals surface area contributed by atoms with E-state index in [1.165, 1.54) is 11.0 Å². The molecule has 2 fully saturated rings. The second-order valence-electron chi connectivity index (χ2n) is 8.51. The van der Waals surface area contributed by atoms with Crippen LogP contribution in [-0.4, -0.2) is 89.7 Å². The zero-order valence-electron chi connectivity index (χ0n) is 17.7. The highest BCUT2D eigenvalue weighted by Crippen LogP contribution is 2.43. The monoisotopic (exact) mass is 440 g/mol. The number of nitrogens with zero attached hydrogens (tertiary/aromatic N) is 8. The van der Waals surface area contributed by atoms with Crippen LogP contribution in [0.1, 0.15) is 38.1 Å². The van der Waals surface area contributed by atoms with Gasteiger partial charge in [-0.05, 0) is 49.7 Å². The van der Waals surface area contributed by atoms with Gasteiger partial charge in [-0.2, -0.15) is 4.68 Å². The van der Waals surface area contributed by atoms with Crippen molar-refractivity contribution in [1.82, 2.24) is 40.0 Å². The molecule has 0 aromatic carbocycles. The highest BCUT2D eigenvalue weighted by atomic mass is 16.5. The fourth-order valence-corrected chi connectivity index (χ4v) is 4.68. The zero-order chi connectivity index (χ0) is 22.3. The summed E-state index contributed by atoms with van der Waals surface area (Å²) in [5.41, 5.74) is 1.44. The summed E-state index contributed by atoms with van der Waals surface area (Å²) in [6.07, 6.45) is 5.94. The van der Waals surface area contributed by atoms with E-state index in [2.05, 4.69) is 30.4 Å². The molecule has 0 aliphatic carbocycles. The van der Waals surface area contributed by atoms with Crippen LogP contribution in [0.5, 0.6) is 0 Å². The molecular formula is C20H24N8O4. The van der Waals surface area contributed by atoms with Crippen LogP contribution in [0, 0.1) is 5.41 Å².